The Hall–Kier alpha value is -2.32. The molecule has 0 aliphatic carbocycles. The van der Waals surface area contributed by atoms with Crippen molar-refractivity contribution in [3.63, 3.8) is 0 Å². The first-order valence-electron chi connectivity index (χ1n) is 5.89. The summed E-state index contributed by atoms with van der Waals surface area (Å²) in [6.07, 6.45) is -4.54. The van der Waals surface area contributed by atoms with Crippen LogP contribution < -0.4 is 10.1 Å². The van der Waals surface area contributed by atoms with Crippen LogP contribution in [0.4, 0.5) is 18.9 Å². The molecule has 116 valence electrons. The zero-order valence-corrected chi connectivity index (χ0v) is 11.2. The van der Waals surface area contributed by atoms with Crippen LogP contribution in [-0.4, -0.2) is 29.7 Å². The van der Waals surface area contributed by atoms with Crippen LogP contribution in [0, 0.1) is 10.1 Å². The van der Waals surface area contributed by atoms with E-state index in [-0.39, 0.29) is 17.4 Å². The molecule has 0 saturated carbocycles. The van der Waals surface area contributed by atoms with Gasteiger partial charge in [0.05, 0.1) is 4.92 Å². The minimum absolute atomic E-state index is 0.271. The molecule has 0 spiro atoms. The van der Waals surface area contributed by atoms with Gasteiger partial charge < -0.3 is 10.1 Å². The number of ether oxygens (including phenoxy) is 1. The number of alkyl halides is 3. The number of nitro groups is 1. The Labute approximate surface area is 118 Å². The van der Waals surface area contributed by atoms with E-state index in [2.05, 4.69) is 10.1 Å². The van der Waals surface area contributed by atoms with E-state index in [1.807, 2.05) is 0 Å². The van der Waals surface area contributed by atoms with E-state index >= 15 is 0 Å². The lowest BCUT2D eigenvalue weighted by Gasteiger charge is -2.12. The van der Waals surface area contributed by atoms with Crippen LogP contribution in [0.15, 0.2) is 18.2 Å². The Kier molecular flexibility index (Phi) is 5.12. The normalized spacial score (nSPS) is 11.3. The first kappa shape index (κ1) is 16.7. The maximum Gasteiger partial charge on any atom is 0.422 e. The zero-order chi connectivity index (χ0) is 16.2. The van der Waals surface area contributed by atoms with Gasteiger partial charge in [-0.15, -0.1) is 0 Å². The number of benzene rings is 1. The number of nitrogens with one attached hydrogen (secondary N) is 1. The first-order chi connectivity index (χ1) is 9.60. The molecule has 9 heteroatoms. The highest BCUT2D eigenvalue weighted by Gasteiger charge is 2.29. The lowest BCUT2D eigenvalue weighted by molar-refractivity contribution is -0.385. The van der Waals surface area contributed by atoms with Crippen LogP contribution in [0.25, 0.3) is 0 Å². The van der Waals surface area contributed by atoms with Crippen molar-refractivity contribution >= 4 is 11.6 Å². The molecule has 0 unspecified atom stereocenters. The van der Waals surface area contributed by atoms with Gasteiger partial charge in [0.2, 0.25) is 0 Å². The molecule has 0 fully saturated rings. The molecule has 1 amide bonds. The van der Waals surface area contributed by atoms with E-state index in [0.717, 1.165) is 18.2 Å². The molecule has 0 aliphatic rings. The number of carbonyl (C=O) groups excluding carboxylic acids is 1. The summed E-state index contributed by atoms with van der Waals surface area (Å²) in [7, 11) is 0. The zero-order valence-electron chi connectivity index (χ0n) is 11.2. The Balaban J connectivity index is 3.06. The van der Waals surface area contributed by atoms with Crippen molar-refractivity contribution in [2.24, 2.45) is 0 Å². The highest BCUT2D eigenvalue weighted by Crippen LogP contribution is 2.25. The number of halogens is 3. The van der Waals surface area contributed by atoms with Crippen LogP contribution in [-0.2, 0) is 0 Å². The van der Waals surface area contributed by atoms with Crippen molar-refractivity contribution in [2.45, 2.75) is 26.1 Å². The number of nitrogens with zero attached hydrogens (tertiary/aromatic N) is 1. The van der Waals surface area contributed by atoms with Gasteiger partial charge in [-0.25, -0.2) is 0 Å². The van der Waals surface area contributed by atoms with Gasteiger partial charge >= 0.3 is 6.18 Å². The molecular formula is C12H13F3N2O4. The Morgan fingerprint density at radius 1 is 1.43 bits per heavy atom. The average Bonchev–Trinajstić information content (AvgIpc) is 2.34. The SMILES string of the molecule is CC(C)NC(=O)c1cc(OCC(F)(F)F)ccc1[N+](=O)[O-]. The fraction of sp³-hybridized carbons (Fsp3) is 0.417. The number of hydrogen-bond donors (Lipinski definition) is 1. The second-order valence-electron chi connectivity index (χ2n) is 4.47. The number of rotatable bonds is 5. The largest absolute Gasteiger partial charge is 0.484 e. The lowest BCUT2D eigenvalue weighted by Crippen LogP contribution is -2.30. The fourth-order valence-corrected chi connectivity index (χ4v) is 1.45. The van der Waals surface area contributed by atoms with Crippen LogP contribution in [0.5, 0.6) is 5.75 Å². The van der Waals surface area contributed by atoms with E-state index < -0.39 is 29.3 Å². The highest BCUT2D eigenvalue weighted by molar-refractivity contribution is 5.98. The summed E-state index contributed by atoms with van der Waals surface area (Å²) in [5.74, 6) is -1.03. The number of amides is 1. The van der Waals surface area contributed by atoms with Crippen molar-refractivity contribution in [3.05, 3.63) is 33.9 Å². The van der Waals surface area contributed by atoms with Crippen molar-refractivity contribution < 1.29 is 27.6 Å². The van der Waals surface area contributed by atoms with Gasteiger partial charge in [0, 0.05) is 12.1 Å². The average molecular weight is 306 g/mol. The third-order valence-corrected chi connectivity index (χ3v) is 2.23. The third-order valence-electron chi connectivity index (χ3n) is 2.23. The molecule has 1 N–H and O–H groups in total. The molecule has 21 heavy (non-hydrogen) atoms. The highest BCUT2D eigenvalue weighted by atomic mass is 19.4. The number of nitro benzene ring substituents is 1. The number of hydrogen-bond acceptors (Lipinski definition) is 4. The van der Waals surface area contributed by atoms with Gasteiger partial charge in [-0.05, 0) is 26.0 Å². The quantitative estimate of drug-likeness (QED) is 0.670. The number of carbonyl (C=O) groups is 1. The van der Waals surface area contributed by atoms with Crippen LogP contribution in [0.3, 0.4) is 0 Å². The van der Waals surface area contributed by atoms with Gasteiger partial charge in [0.1, 0.15) is 11.3 Å². The van der Waals surface area contributed by atoms with Crippen molar-refractivity contribution in [1.29, 1.82) is 0 Å². The molecule has 6 nitrogen and oxygen atoms in total. The Morgan fingerprint density at radius 3 is 2.52 bits per heavy atom. The van der Waals surface area contributed by atoms with Crippen molar-refractivity contribution in [1.82, 2.24) is 5.32 Å². The summed E-state index contributed by atoms with van der Waals surface area (Å²) < 4.78 is 40.7. The third kappa shape index (κ3) is 5.28. The molecule has 1 aromatic rings. The molecule has 0 bridgehead atoms. The molecule has 0 heterocycles. The predicted octanol–water partition coefficient (Wildman–Crippen LogP) is 2.67. The molecule has 0 atom stereocenters. The van der Waals surface area contributed by atoms with Gasteiger partial charge in [0.15, 0.2) is 6.61 Å². The standard InChI is InChI=1S/C12H13F3N2O4/c1-7(2)16-11(18)9-5-8(21-6-12(13,14)15)3-4-10(9)17(19)20/h3-5,7H,6H2,1-2H3,(H,16,18). The second-order valence-corrected chi connectivity index (χ2v) is 4.47. The van der Waals surface area contributed by atoms with E-state index in [0.29, 0.717) is 0 Å². The van der Waals surface area contributed by atoms with Crippen LogP contribution in [0.2, 0.25) is 0 Å². The summed E-state index contributed by atoms with van der Waals surface area (Å²) in [5, 5.41) is 13.3. The lowest BCUT2D eigenvalue weighted by atomic mass is 10.1. The van der Waals surface area contributed by atoms with E-state index in [1.54, 1.807) is 13.8 Å². The van der Waals surface area contributed by atoms with Crippen molar-refractivity contribution in [2.75, 3.05) is 6.61 Å². The minimum atomic E-state index is -4.54. The smallest absolute Gasteiger partial charge is 0.422 e. The Morgan fingerprint density at radius 2 is 2.05 bits per heavy atom. The van der Waals surface area contributed by atoms with E-state index in [1.165, 1.54) is 0 Å². The molecular weight excluding hydrogens is 293 g/mol. The molecule has 0 radical (unpaired) electrons. The monoisotopic (exact) mass is 306 g/mol. The summed E-state index contributed by atoms with van der Waals surface area (Å²) in [6, 6.07) is 2.58. The summed E-state index contributed by atoms with van der Waals surface area (Å²) in [5.41, 5.74) is -0.860. The first-order valence-corrected chi connectivity index (χ1v) is 5.89. The van der Waals surface area contributed by atoms with E-state index in [4.69, 9.17) is 0 Å². The molecule has 0 saturated heterocycles. The van der Waals surface area contributed by atoms with Crippen molar-refractivity contribution in [3.8, 4) is 5.75 Å². The van der Waals surface area contributed by atoms with Crippen LogP contribution >= 0.6 is 0 Å². The van der Waals surface area contributed by atoms with Gasteiger partial charge in [-0.3, -0.25) is 14.9 Å². The molecule has 0 aliphatic heterocycles. The summed E-state index contributed by atoms with van der Waals surface area (Å²) in [6.45, 7) is 1.75. The summed E-state index contributed by atoms with van der Waals surface area (Å²) in [4.78, 5) is 21.9. The Bertz CT molecular complexity index is 544. The van der Waals surface area contributed by atoms with E-state index in [9.17, 15) is 28.1 Å². The van der Waals surface area contributed by atoms with Crippen LogP contribution in [0.1, 0.15) is 24.2 Å². The minimum Gasteiger partial charge on any atom is -0.484 e. The topological polar surface area (TPSA) is 81.5 Å². The maximum atomic E-state index is 12.1. The molecule has 1 aromatic carbocycles. The van der Waals surface area contributed by atoms with Gasteiger partial charge in [0.25, 0.3) is 11.6 Å². The van der Waals surface area contributed by atoms with Gasteiger partial charge in [-0.1, -0.05) is 0 Å². The molecule has 0 aromatic heterocycles. The summed E-state index contributed by atoms with van der Waals surface area (Å²) >= 11 is 0. The predicted molar refractivity (Wildman–Crippen MR) is 67.2 cm³/mol. The maximum absolute atomic E-state index is 12.1. The van der Waals surface area contributed by atoms with Gasteiger partial charge in [-0.2, -0.15) is 13.2 Å². The fourth-order valence-electron chi connectivity index (χ4n) is 1.45. The molecule has 1 rings (SSSR count). The second kappa shape index (κ2) is 6.42.